The second-order valence-corrected chi connectivity index (χ2v) is 4.65. The molecule has 1 rings (SSSR count). The van der Waals surface area contributed by atoms with Crippen molar-refractivity contribution in [3.63, 3.8) is 0 Å². The van der Waals surface area contributed by atoms with Gasteiger partial charge in [-0.15, -0.1) is 0 Å². The Kier molecular flexibility index (Phi) is 5.48. The lowest BCUT2D eigenvalue weighted by atomic mass is 10.0. The number of aliphatic hydroxyl groups excluding tert-OH is 1. The van der Waals surface area contributed by atoms with Crippen molar-refractivity contribution in [3.8, 4) is 5.75 Å². The molecule has 0 saturated carbocycles. The molecule has 0 fully saturated rings. The second kappa shape index (κ2) is 6.64. The highest BCUT2D eigenvalue weighted by atomic mass is 16.5. The lowest BCUT2D eigenvalue weighted by Gasteiger charge is -2.31. The largest absolute Gasteiger partial charge is 0.496 e. The van der Waals surface area contributed by atoms with E-state index in [0.717, 1.165) is 29.8 Å². The Balaban J connectivity index is 3.22. The molecule has 0 spiro atoms. The lowest BCUT2D eigenvalue weighted by molar-refractivity contribution is 0.194. The van der Waals surface area contributed by atoms with Crippen molar-refractivity contribution in [2.75, 3.05) is 19.1 Å². The summed E-state index contributed by atoms with van der Waals surface area (Å²) in [6, 6.07) is 6.39. The molecular formula is C15H25NO2. The van der Waals surface area contributed by atoms with E-state index in [9.17, 15) is 5.11 Å². The minimum atomic E-state index is -0.534. The van der Waals surface area contributed by atoms with Crippen molar-refractivity contribution < 1.29 is 9.84 Å². The fourth-order valence-electron chi connectivity index (χ4n) is 2.47. The average Bonchev–Trinajstić information content (AvgIpc) is 2.38. The van der Waals surface area contributed by atoms with E-state index >= 15 is 0 Å². The minimum absolute atomic E-state index is 0.481. The Morgan fingerprint density at radius 3 is 2.33 bits per heavy atom. The summed E-state index contributed by atoms with van der Waals surface area (Å²) in [5.74, 6) is 0.750. The predicted octanol–water partition coefficient (Wildman–Crippen LogP) is 3.37. The third-order valence-corrected chi connectivity index (χ3v) is 3.55. The van der Waals surface area contributed by atoms with E-state index in [2.05, 4.69) is 25.8 Å². The Morgan fingerprint density at radius 2 is 1.89 bits per heavy atom. The molecule has 0 aliphatic carbocycles. The number of ether oxygens (including phenoxy) is 1. The first kappa shape index (κ1) is 14.8. The van der Waals surface area contributed by atoms with Crippen molar-refractivity contribution in [2.45, 2.75) is 45.8 Å². The maximum Gasteiger partial charge on any atom is 0.126 e. The topological polar surface area (TPSA) is 32.7 Å². The molecule has 102 valence electrons. The van der Waals surface area contributed by atoms with E-state index in [1.807, 2.05) is 18.2 Å². The van der Waals surface area contributed by atoms with E-state index in [0.29, 0.717) is 6.04 Å². The SMILES string of the molecule is CCC(CC)N(C)c1cccc(OC)c1[C@@H](C)O. The summed E-state index contributed by atoms with van der Waals surface area (Å²) in [5.41, 5.74) is 1.92. The number of rotatable bonds is 6. The number of hydrogen-bond acceptors (Lipinski definition) is 3. The summed E-state index contributed by atoms with van der Waals surface area (Å²) in [4.78, 5) is 2.24. The minimum Gasteiger partial charge on any atom is -0.496 e. The van der Waals surface area contributed by atoms with E-state index in [-0.39, 0.29) is 0 Å². The standard InChI is InChI=1S/C15H25NO2/c1-6-12(7-2)16(4)13-9-8-10-14(18-5)15(13)11(3)17/h8-12,17H,6-7H2,1-5H3/t11-/m1/s1. The number of anilines is 1. The van der Waals surface area contributed by atoms with Crippen LogP contribution in [0.2, 0.25) is 0 Å². The molecule has 0 aliphatic heterocycles. The summed E-state index contributed by atoms with van der Waals surface area (Å²) in [6.45, 7) is 6.15. The molecule has 0 amide bonds. The molecule has 0 heterocycles. The van der Waals surface area contributed by atoms with E-state index < -0.39 is 6.10 Å². The maximum absolute atomic E-state index is 9.99. The van der Waals surface area contributed by atoms with Crippen LogP contribution in [-0.2, 0) is 0 Å². The Hall–Kier alpha value is -1.22. The highest BCUT2D eigenvalue weighted by Crippen LogP contribution is 2.35. The zero-order valence-corrected chi connectivity index (χ0v) is 12.1. The van der Waals surface area contributed by atoms with Crippen LogP contribution in [-0.4, -0.2) is 25.3 Å². The van der Waals surface area contributed by atoms with Gasteiger partial charge in [-0.2, -0.15) is 0 Å². The van der Waals surface area contributed by atoms with Crippen LogP contribution in [0.4, 0.5) is 5.69 Å². The van der Waals surface area contributed by atoms with Gasteiger partial charge in [-0.05, 0) is 31.9 Å². The van der Waals surface area contributed by atoms with Gasteiger partial charge in [0.05, 0.1) is 13.2 Å². The van der Waals surface area contributed by atoms with Gasteiger partial charge in [0.2, 0.25) is 0 Å². The van der Waals surface area contributed by atoms with Crippen LogP contribution in [0.15, 0.2) is 18.2 Å². The maximum atomic E-state index is 9.99. The molecule has 0 aliphatic rings. The number of aliphatic hydroxyl groups is 1. The van der Waals surface area contributed by atoms with Crippen LogP contribution >= 0.6 is 0 Å². The molecule has 0 unspecified atom stereocenters. The zero-order chi connectivity index (χ0) is 13.7. The van der Waals surface area contributed by atoms with E-state index in [1.165, 1.54) is 0 Å². The molecule has 3 heteroatoms. The van der Waals surface area contributed by atoms with Crippen molar-refractivity contribution in [1.82, 2.24) is 0 Å². The highest BCUT2D eigenvalue weighted by Gasteiger charge is 2.20. The van der Waals surface area contributed by atoms with Gasteiger partial charge in [0.25, 0.3) is 0 Å². The summed E-state index contributed by atoms with van der Waals surface area (Å²) in [7, 11) is 3.72. The van der Waals surface area contributed by atoms with Gasteiger partial charge >= 0.3 is 0 Å². The molecule has 0 bridgehead atoms. The van der Waals surface area contributed by atoms with E-state index in [1.54, 1.807) is 14.0 Å². The fraction of sp³-hybridized carbons (Fsp3) is 0.600. The quantitative estimate of drug-likeness (QED) is 0.841. The van der Waals surface area contributed by atoms with Gasteiger partial charge in [-0.25, -0.2) is 0 Å². The van der Waals surface area contributed by atoms with Crippen LogP contribution < -0.4 is 9.64 Å². The molecule has 1 aromatic carbocycles. The average molecular weight is 251 g/mol. The van der Waals surface area contributed by atoms with Crippen molar-refractivity contribution in [2.24, 2.45) is 0 Å². The third-order valence-electron chi connectivity index (χ3n) is 3.55. The highest BCUT2D eigenvalue weighted by molar-refractivity contribution is 5.60. The molecule has 1 aromatic rings. The number of hydrogen-bond donors (Lipinski definition) is 1. The summed E-state index contributed by atoms with van der Waals surface area (Å²) in [6.07, 6.45) is 1.64. The monoisotopic (exact) mass is 251 g/mol. The van der Waals surface area contributed by atoms with Gasteiger partial charge in [0.15, 0.2) is 0 Å². The van der Waals surface area contributed by atoms with Crippen LogP contribution in [0.3, 0.4) is 0 Å². The first-order valence-corrected chi connectivity index (χ1v) is 6.64. The van der Waals surface area contributed by atoms with Crippen LogP contribution in [0.25, 0.3) is 0 Å². The number of benzene rings is 1. The predicted molar refractivity (Wildman–Crippen MR) is 76.4 cm³/mol. The van der Waals surface area contributed by atoms with Gasteiger partial charge in [-0.3, -0.25) is 0 Å². The van der Waals surface area contributed by atoms with Gasteiger partial charge in [0.1, 0.15) is 5.75 Å². The smallest absolute Gasteiger partial charge is 0.126 e. The van der Waals surface area contributed by atoms with Crippen LogP contribution in [0, 0.1) is 0 Å². The van der Waals surface area contributed by atoms with Crippen LogP contribution in [0.5, 0.6) is 5.75 Å². The van der Waals surface area contributed by atoms with Crippen LogP contribution in [0.1, 0.15) is 45.3 Å². The van der Waals surface area contributed by atoms with Crippen molar-refractivity contribution >= 4 is 5.69 Å². The Bertz CT molecular complexity index is 373. The molecular weight excluding hydrogens is 226 g/mol. The Labute approximate surface area is 110 Å². The molecule has 1 N–H and O–H groups in total. The Morgan fingerprint density at radius 1 is 1.28 bits per heavy atom. The summed E-state index contributed by atoms with van der Waals surface area (Å²) >= 11 is 0. The zero-order valence-electron chi connectivity index (χ0n) is 12.1. The molecule has 0 aromatic heterocycles. The first-order chi connectivity index (χ1) is 8.56. The summed E-state index contributed by atoms with van der Waals surface area (Å²) in [5, 5.41) is 9.99. The molecule has 18 heavy (non-hydrogen) atoms. The van der Waals surface area contributed by atoms with E-state index in [4.69, 9.17) is 4.74 Å². The van der Waals surface area contributed by atoms with Crippen molar-refractivity contribution in [3.05, 3.63) is 23.8 Å². The normalized spacial score (nSPS) is 12.6. The lowest BCUT2D eigenvalue weighted by Crippen LogP contribution is -2.31. The molecule has 1 atom stereocenters. The molecule has 3 nitrogen and oxygen atoms in total. The summed E-state index contributed by atoms with van der Waals surface area (Å²) < 4.78 is 5.36. The fourth-order valence-corrected chi connectivity index (χ4v) is 2.47. The first-order valence-electron chi connectivity index (χ1n) is 6.64. The second-order valence-electron chi connectivity index (χ2n) is 4.65. The van der Waals surface area contributed by atoms with Crippen molar-refractivity contribution in [1.29, 1.82) is 0 Å². The van der Waals surface area contributed by atoms with Gasteiger partial charge < -0.3 is 14.7 Å². The van der Waals surface area contributed by atoms with Gasteiger partial charge in [0, 0.05) is 24.3 Å². The third kappa shape index (κ3) is 2.96. The number of methoxy groups -OCH3 is 1. The molecule has 0 radical (unpaired) electrons. The van der Waals surface area contributed by atoms with Gasteiger partial charge in [-0.1, -0.05) is 19.9 Å². The number of nitrogens with zero attached hydrogens (tertiary/aromatic N) is 1. The molecule has 0 saturated heterocycles.